The molecule has 0 saturated heterocycles. The van der Waals surface area contributed by atoms with Crippen LogP contribution in [-0.4, -0.2) is 0 Å². The highest BCUT2D eigenvalue weighted by atomic mass is 14.1. The molecular weight excluding hydrogens is 264 g/mol. The largest absolute Gasteiger partial charge is 0.0836 e. The van der Waals surface area contributed by atoms with E-state index < -0.39 is 0 Å². The van der Waals surface area contributed by atoms with Gasteiger partial charge in [-0.2, -0.15) is 0 Å². The molecule has 0 bridgehead atoms. The van der Waals surface area contributed by atoms with Crippen LogP contribution in [0.2, 0.25) is 0 Å². The highest BCUT2D eigenvalue weighted by Gasteiger charge is 2.10. The van der Waals surface area contributed by atoms with Gasteiger partial charge in [-0.1, -0.05) is 48.6 Å². The number of fused-ring (bicyclic) bond motifs is 5. The van der Waals surface area contributed by atoms with E-state index in [9.17, 15) is 0 Å². The molecule has 0 nitrogen and oxygen atoms in total. The fraction of sp³-hybridized carbons (Fsp3) is 0.0909. The Balaban J connectivity index is 1.91. The lowest BCUT2D eigenvalue weighted by Crippen LogP contribution is -1.95. The third kappa shape index (κ3) is 1.70. The van der Waals surface area contributed by atoms with E-state index in [-0.39, 0.29) is 0 Å². The Bertz CT molecular complexity index is 1070. The van der Waals surface area contributed by atoms with Crippen LogP contribution in [0.15, 0.2) is 66.7 Å². The van der Waals surface area contributed by atoms with Gasteiger partial charge in [-0.3, -0.25) is 0 Å². The van der Waals surface area contributed by atoms with Crippen molar-refractivity contribution in [2.24, 2.45) is 0 Å². The highest BCUT2D eigenvalue weighted by Crippen LogP contribution is 2.32. The molecule has 1 aliphatic carbocycles. The molecule has 0 heterocycles. The van der Waals surface area contributed by atoms with E-state index >= 15 is 0 Å². The van der Waals surface area contributed by atoms with E-state index in [4.69, 9.17) is 0 Å². The summed E-state index contributed by atoms with van der Waals surface area (Å²) in [5, 5.41) is 8.09. The van der Waals surface area contributed by atoms with Gasteiger partial charge >= 0.3 is 0 Å². The van der Waals surface area contributed by atoms with Gasteiger partial charge in [0.2, 0.25) is 0 Å². The van der Waals surface area contributed by atoms with Crippen LogP contribution in [0.1, 0.15) is 17.5 Å². The van der Waals surface area contributed by atoms with Crippen molar-refractivity contribution in [1.82, 2.24) is 0 Å². The van der Waals surface area contributed by atoms with E-state index in [2.05, 4.69) is 72.8 Å². The molecule has 0 saturated carbocycles. The minimum Gasteiger partial charge on any atom is -0.0836 e. The molecule has 22 heavy (non-hydrogen) atoms. The smallest absolute Gasteiger partial charge is 0.0139 e. The normalized spacial score (nSPS) is 13.8. The van der Waals surface area contributed by atoms with Crippen molar-refractivity contribution in [3.63, 3.8) is 0 Å². The predicted molar refractivity (Wildman–Crippen MR) is 96.3 cm³/mol. The molecule has 4 aromatic rings. The molecule has 0 spiro atoms. The van der Waals surface area contributed by atoms with Crippen LogP contribution in [0.4, 0.5) is 0 Å². The molecule has 0 aromatic heterocycles. The number of hydrogen-bond donors (Lipinski definition) is 0. The molecule has 1 aliphatic rings. The van der Waals surface area contributed by atoms with Crippen molar-refractivity contribution < 1.29 is 0 Å². The van der Waals surface area contributed by atoms with E-state index in [0.717, 1.165) is 12.8 Å². The topological polar surface area (TPSA) is 0 Å². The Hall–Kier alpha value is -2.60. The van der Waals surface area contributed by atoms with E-state index in [1.54, 1.807) is 0 Å². The number of hydrogen-bond acceptors (Lipinski definition) is 0. The average molecular weight is 280 g/mol. The van der Waals surface area contributed by atoms with Gasteiger partial charge in [-0.25, -0.2) is 0 Å². The molecule has 0 fully saturated rings. The lowest BCUT2D eigenvalue weighted by molar-refractivity contribution is 0.997. The number of benzene rings is 4. The van der Waals surface area contributed by atoms with Crippen LogP contribution >= 0.6 is 0 Å². The molecule has 104 valence electrons. The van der Waals surface area contributed by atoms with Crippen molar-refractivity contribution in [1.29, 1.82) is 0 Å². The summed E-state index contributed by atoms with van der Waals surface area (Å²) in [5.41, 5.74) is 2.90. The second kappa shape index (κ2) is 4.45. The van der Waals surface area contributed by atoms with Gasteiger partial charge in [0, 0.05) is 0 Å². The fourth-order valence-electron chi connectivity index (χ4n) is 3.72. The lowest BCUT2D eigenvalue weighted by atomic mass is 9.90. The molecule has 5 rings (SSSR count). The molecule has 0 unspecified atom stereocenters. The molecule has 0 heteroatoms. The molecule has 0 atom stereocenters. The second-order valence-corrected chi connectivity index (χ2v) is 6.19. The van der Waals surface area contributed by atoms with Gasteiger partial charge in [-0.15, -0.1) is 0 Å². The van der Waals surface area contributed by atoms with Gasteiger partial charge in [-0.05, 0) is 80.6 Å². The molecule has 0 radical (unpaired) electrons. The second-order valence-electron chi connectivity index (χ2n) is 6.19. The van der Waals surface area contributed by atoms with Crippen LogP contribution in [0.5, 0.6) is 0 Å². The predicted octanol–water partition coefficient (Wildman–Crippen LogP) is 6.11. The molecule has 0 amide bonds. The van der Waals surface area contributed by atoms with Crippen molar-refractivity contribution in [3.05, 3.63) is 77.9 Å². The third-order valence-electron chi connectivity index (χ3n) is 4.85. The van der Waals surface area contributed by atoms with Gasteiger partial charge in [0.25, 0.3) is 0 Å². The maximum atomic E-state index is 2.38. The van der Waals surface area contributed by atoms with Crippen LogP contribution in [0, 0.1) is 0 Å². The van der Waals surface area contributed by atoms with Crippen molar-refractivity contribution in [3.8, 4) is 0 Å². The number of allylic oxidation sites excluding steroid dienone is 1. The summed E-state index contributed by atoms with van der Waals surface area (Å²) in [6, 6.07) is 22.5. The Morgan fingerprint density at radius 2 is 1.36 bits per heavy atom. The Labute approximate surface area is 129 Å². The maximum absolute atomic E-state index is 2.38. The van der Waals surface area contributed by atoms with E-state index in [1.165, 1.54) is 43.4 Å². The van der Waals surface area contributed by atoms with Crippen LogP contribution in [0.25, 0.3) is 38.4 Å². The molecule has 0 aliphatic heterocycles. The van der Waals surface area contributed by atoms with Crippen LogP contribution < -0.4 is 0 Å². The van der Waals surface area contributed by atoms with Crippen LogP contribution in [0.3, 0.4) is 0 Å². The minimum atomic E-state index is 1.15. The summed E-state index contributed by atoms with van der Waals surface area (Å²) in [5.74, 6) is 0. The van der Waals surface area contributed by atoms with E-state index in [1.807, 2.05) is 0 Å². The first-order chi connectivity index (χ1) is 10.9. The summed E-state index contributed by atoms with van der Waals surface area (Å²) in [6.45, 7) is 0. The summed E-state index contributed by atoms with van der Waals surface area (Å²) < 4.78 is 0. The van der Waals surface area contributed by atoms with Gasteiger partial charge in [0.05, 0.1) is 0 Å². The zero-order chi connectivity index (χ0) is 14.5. The lowest BCUT2D eigenvalue weighted by Gasteiger charge is -2.14. The number of aryl methyl sites for hydroxylation is 1. The average Bonchev–Trinajstić information content (AvgIpc) is 2.58. The standard InChI is InChI=1S/C22H16/c1-2-7-17-12-20-14-22-18(13-19(20)11-16(17)6-1)10-9-15-5-3-4-8-21(15)22/h1-3,5-7,9-14H,4,8H2. The third-order valence-corrected chi connectivity index (χ3v) is 4.85. The summed E-state index contributed by atoms with van der Waals surface area (Å²) in [7, 11) is 0. The minimum absolute atomic E-state index is 1.15. The summed E-state index contributed by atoms with van der Waals surface area (Å²) in [4.78, 5) is 0. The van der Waals surface area contributed by atoms with Gasteiger partial charge in [0.15, 0.2) is 0 Å². The monoisotopic (exact) mass is 280 g/mol. The quantitative estimate of drug-likeness (QED) is 0.341. The highest BCUT2D eigenvalue weighted by molar-refractivity contribution is 6.06. The van der Waals surface area contributed by atoms with Gasteiger partial charge < -0.3 is 0 Å². The first kappa shape index (κ1) is 12.0. The van der Waals surface area contributed by atoms with Crippen molar-refractivity contribution in [2.45, 2.75) is 12.8 Å². The first-order valence-electron chi connectivity index (χ1n) is 7.93. The van der Waals surface area contributed by atoms with Gasteiger partial charge in [0.1, 0.15) is 0 Å². The number of rotatable bonds is 0. The first-order valence-corrected chi connectivity index (χ1v) is 7.93. The zero-order valence-corrected chi connectivity index (χ0v) is 12.3. The molecule has 4 aromatic carbocycles. The Kier molecular flexibility index (Phi) is 2.42. The Morgan fingerprint density at radius 3 is 2.18 bits per heavy atom. The fourth-order valence-corrected chi connectivity index (χ4v) is 3.72. The van der Waals surface area contributed by atoms with E-state index in [0.29, 0.717) is 0 Å². The summed E-state index contributed by atoms with van der Waals surface area (Å²) in [6.07, 6.45) is 6.86. The summed E-state index contributed by atoms with van der Waals surface area (Å²) >= 11 is 0. The molecular formula is C22H16. The molecule has 0 N–H and O–H groups in total. The SMILES string of the molecule is C1=Cc2ccc3cc4cc5ccccc5cc4cc3c2CC1. The Morgan fingerprint density at radius 1 is 0.636 bits per heavy atom. The van der Waals surface area contributed by atoms with Crippen molar-refractivity contribution in [2.75, 3.05) is 0 Å². The van der Waals surface area contributed by atoms with Crippen molar-refractivity contribution >= 4 is 38.4 Å². The maximum Gasteiger partial charge on any atom is -0.0139 e. The van der Waals surface area contributed by atoms with Crippen LogP contribution in [-0.2, 0) is 6.42 Å². The zero-order valence-electron chi connectivity index (χ0n) is 12.3.